The summed E-state index contributed by atoms with van der Waals surface area (Å²) in [4.78, 5) is 0.295. The topological polar surface area (TPSA) is 47.3 Å². The molecule has 0 spiro atoms. The van der Waals surface area contributed by atoms with Crippen LogP contribution < -0.4 is 0 Å². The van der Waals surface area contributed by atoms with Crippen molar-refractivity contribution >= 4 is 9.84 Å². The van der Waals surface area contributed by atoms with Gasteiger partial charge >= 0.3 is 0 Å². The molecule has 3 rings (SSSR count). The molecule has 0 bridgehead atoms. The molecule has 1 aromatic heterocycles. The van der Waals surface area contributed by atoms with Gasteiger partial charge in [-0.15, -0.1) is 0 Å². The van der Waals surface area contributed by atoms with E-state index in [-0.39, 0.29) is 0 Å². The Bertz CT molecular complexity index is 865. The number of sulfone groups is 1. The Morgan fingerprint density at radius 1 is 0.870 bits per heavy atom. The van der Waals surface area contributed by atoms with Gasteiger partial charge in [-0.25, -0.2) is 8.42 Å². The standard InChI is InChI=1S/C19H18O3S/c1-2-16-13-14-18(22-16)19(15-9-5-3-6-10-15)23(20,21)17-11-7-4-8-12-17/h3-14,19H,2H2,1H3. The van der Waals surface area contributed by atoms with Crippen LogP contribution in [0.4, 0.5) is 0 Å². The van der Waals surface area contributed by atoms with Crippen molar-refractivity contribution in [1.82, 2.24) is 0 Å². The van der Waals surface area contributed by atoms with Gasteiger partial charge in [-0.3, -0.25) is 0 Å². The molecule has 0 amide bonds. The molecule has 2 aromatic carbocycles. The molecular formula is C19H18O3S. The zero-order valence-corrected chi connectivity index (χ0v) is 13.7. The fourth-order valence-corrected chi connectivity index (χ4v) is 4.35. The first-order chi connectivity index (χ1) is 11.1. The van der Waals surface area contributed by atoms with Crippen molar-refractivity contribution in [1.29, 1.82) is 0 Å². The monoisotopic (exact) mass is 326 g/mol. The van der Waals surface area contributed by atoms with Crippen LogP contribution in [0.15, 0.2) is 82.1 Å². The Kier molecular flexibility index (Phi) is 4.35. The summed E-state index contributed by atoms with van der Waals surface area (Å²) >= 11 is 0. The van der Waals surface area contributed by atoms with E-state index in [1.54, 1.807) is 36.4 Å². The molecule has 0 saturated heterocycles. The van der Waals surface area contributed by atoms with Crippen molar-refractivity contribution in [3.05, 3.63) is 89.9 Å². The van der Waals surface area contributed by atoms with E-state index < -0.39 is 15.1 Å². The lowest BCUT2D eigenvalue weighted by Crippen LogP contribution is -2.14. The summed E-state index contributed by atoms with van der Waals surface area (Å²) in [5.41, 5.74) is 0.702. The molecule has 0 aliphatic carbocycles. The zero-order valence-electron chi connectivity index (χ0n) is 12.8. The first kappa shape index (κ1) is 15.6. The van der Waals surface area contributed by atoms with Crippen molar-refractivity contribution in [2.24, 2.45) is 0 Å². The van der Waals surface area contributed by atoms with Crippen LogP contribution in [0.2, 0.25) is 0 Å². The molecule has 3 aromatic rings. The molecule has 0 fully saturated rings. The van der Waals surface area contributed by atoms with Crippen molar-refractivity contribution < 1.29 is 12.8 Å². The third-order valence-corrected chi connectivity index (χ3v) is 5.83. The van der Waals surface area contributed by atoms with Crippen LogP contribution in [0.25, 0.3) is 0 Å². The minimum Gasteiger partial charge on any atom is -0.464 e. The van der Waals surface area contributed by atoms with Gasteiger partial charge in [0.05, 0.1) is 4.90 Å². The average Bonchev–Trinajstić information content (AvgIpc) is 3.05. The summed E-state index contributed by atoms with van der Waals surface area (Å²) in [7, 11) is -3.60. The second kappa shape index (κ2) is 6.42. The molecule has 0 radical (unpaired) electrons. The van der Waals surface area contributed by atoms with Crippen LogP contribution in [-0.4, -0.2) is 8.42 Å². The Morgan fingerprint density at radius 3 is 2.04 bits per heavy atom. The number of furan rings is 1. The highest BCUT2D eigenvalue weighted by atomic mass is 32.2. The number of aryl methyl sites for hydroxylation is 1. The molecule has 3 nitrogen and oxygen atoms in total. The van der Waals surface area contributed by atoms with Gasteiger partial charge in [-0.1, -0.05) is 55.5 Å². The van der Waals surface area contributed by atoms with Crippen molar-refractivity contribution in [3.8, 4) is 0 Å². The number of benzene rings is 2. The molecule has 1 heterocycles. The summed E-state index contributed by atoms with van der Waals surface area (Å²) in [6.07, 6.45) is 0.729. The van der Waals surface area contributed by atoms with E-state index in [1.807, 2.05) is 43.3 Å². The largest absolute Gasteiger partial charge is 0.464 e. The normalized spacial score (nSPS) is 12.9. The Morgan fingerprint density at radius 2 is 1.48 bits per heavy atom. The van der Waals surface area contributed by atoms with E-state index in [9.17, 15) is 8.42 Å². The van der Waals surface area contributed by atoms with Gasteiger partial charge in [-0.2, -0.15) is 0 Å². The van der Waals surface area contributed by atoms with E-state index in [2.05, 4.69) is 0 Å². The second-order valence-electron chi connectivity index (χ2n) is 5.31. The predicted molar refractivity (Wildman–Crippen MR) is 90.0 cm³/mol. The number of hydrogen-bond donors (Lipinski definition) is 0. The van der Waals surface area contributed by atoms with Gasteiger partial charge in [-0.05, 0) is 29.8 Å². The van der Waals surface area contributed by atoms with Gasteiger partial charge in [0.1, 0.15) is 16.8 Å². The Labute approximate surface area is 136 Å². The quantitative estimate of drug-likeness (QED) is 0.698. The van der Waals surface area contributed by atoms with Gasteiger partial charge < -0.3 is 4.42 Å². The van der Waals surface area contributed by atoms with Gasteiger partial charge in [0.25, 0.3) is 0 Å². The molecule has 1 atom stereocenters. The molecule has 23 heavy (non-hydrogen) atoms. The minimum atomic E-state index is -3.60. The lowest BCUT2D eigenvalue weighted by atomic mass is 10.1. The number of rotatable bonds is 5. The molecular weight excluding hydrogens is 308 g/mol. The Balaban J connectivity index is 2.16. The predicted octanol–water partition coefficient (Wildman–Crippen LogP) is 4.41. The maximum absolute atomic E-state index is 13.2. The van der Waals surface area contributed by atoms with Gasteiger partial charge in [0, 0.05) is 6.42 Å². The van der Waals surface area contributed by atoms with Crippen molar-refractivity contribution in [3.63, 3.8) is 0 Å². The van der Waals surface area contributed by atoms with Crippen LogP contribution in [0.1, 0.15) is 29.3 Å². The van der Waals surface area contributed by atoms with E-state index in [0.717, 1.165) is 12.2 Å². The smallest absolute Gasteiger partial charge is 0.192 e. The zero-order chi connectivity index (χ0) is 16.3. The van der Waals surface area contributed by atoms with E-state index in [4.69, 9.17) is 4.42 Å². The first-order valence-corrected chi connectivity index (χ1v) is 9.10. The summed E-state index contributed by atoms with van der Waals surface area (Å²) in [6, 6.07) is 21.3. The van der Waals surface area contributed by atoms with Crippen LogP contribution in [0, 0.1) is 0 Å². The van der Waals surface area contributed by atoms with Crippen LogP contribution in [-0.2, 0) is 16.3 Å². The molecule has 0 N–H and O–H groups in total. The summed E-state index contributed by atoms with van der Waals surface area (Å²) in [5.74, 6) is 1.24. The maximum Gasteiger partial charge on any atom is 0.192 e. The maximum atomic E-state index is 13.2. The summed E-state index contributed by atoms with van der Waals surface area (Å²) in [6.45, 7) is 1.98. The fourth-order valence-electron chi connectivity index (χ4n) is 2.60. The van der Waals surface area contributed by atoms with E-state index >= 15 is 0 Å². The highest BCUT2D eigenvalue weighted by molar-refractivity contribution is 7.91. The highest BCUT2D eigenvalue weighted by Gasteiger charge is 2.33. The molecule has 4 heteroatoms. The second-order valence-corrected chi connectivity index (χ2v) is 7.34. The molecule has 0 saturated carbocycles. The summed E-state index contributed by atoms with van der Waals surface area (Å²) in [5, 5.41) is -0.841. The lowest BCUT2D eigenvalue weighted by Gasteiger charge is -2.16. The third-order valence-electron chi connectivity index (χ3n) is 3.77. The van der Waals surface area contributed by atoms with Gasteiger partial charge in [0.15, 0.2) is 9.84 Å². The first-order valence-electron chi connectivity index (χ1n) is 7.55. The van der Waals surface area contributed by atoms with E-state index in [0.29, 0.717) is 16.2 Å². The SMILES string of the molecule is CCc1ccc(C(c2ccccc2)S(=O)(=O)c2ccccc2)o1. The average molecular weight is 326 g/mol. The van der Waals surface area contributed by atoms with Crippen LogP contribution in [0.5, 0.6) is 0 Å². The minimum absolute atomic E-state index is 0.295. The highest BCUT2D eigenvalue weighted by Crippen LogP contribution is 2.35. The van der Waals surface area contributed by atoms with Gasteiger partial charge in [0.2, 0.25) is 0 Å². The third kappa shape index (κ3) is 3.08. The molecule has 1 unspecified atom stereocenters. The Hall–Kier alpha value is -2.33. The van der Waals surface area contributed by atoms with E-state index in [1.165, 1.54) is 0 Å². The summed E-state index contributed by atoms with van der Waals surface area (Å²) < 4.78 is 32.1. The number of hydrogen-bond acceptors (Lipinski definition) is 3. The van der Waals surface area contributed by atoms with Crippen molar-refractivity contribution in [2.75, 3.05) is 0 Å². The van der Waals surface area contributed by atoms with Crippen LogP contribution >= 0.6 is 0 Å². The fraction of sp³-hybridized carbons (Fsp3) is 0.158. The molecule has 118 valence electrons. The lowest BCUT2D eigenvalue weighted by molar-refractivity contribution is 0.468. The van der Waals surface area contributed by atoms with Crippen molar-refractivity contribution in [2.45, 2.75) is 23.5 Å². The molecule has 0 aliphatic rings. The van der Waals surface area contributed by atoms with Crippen LogP contribution in [0.3, 0.4) is 0 Å². The molecule has 0 aliphatic heterocycles.